The highest BCUT2D eigenvalue weighted by atomic mass is 16.5. The molecule has 0 amide bonds. The minimum atomic E-state index is -0.519. The molecule has 2 atom stereocenters. The zero-order chi connectivity index (χ0) is 11.3. The van der Waals surface area contributed by atoms with Crippen molar-refractivity contribution in [1.29, 1.82) is 0 Å². The predicted octanol–water partition coefficient (Wildman–Crippen LogP) is 0.197. The summed E-state index contributed by atoms with van der Waals surface area (Å²) in [6, 6.07) is 0.410. The molecule has 4 nitrogen and oxygen atoms in total. The van der Waals surface area contributed by atoms with Crippen molar-refractivity contribution in [2.24, 2.45) is 5.73 Å². The first-order chi connectivity index (χ1) is 7.09. The smallest absolute Gasteiger partial charge is 0.0758 e. The van der Waals surface area contributed by atoms with Gasteiger partial charge in [0.15, 0.2) is 0 Å². The molecule has 0 aromatic rings. The molecular weight excluding hydrogens is 192 g/mol. The minimum absolute atomic E-state index is 0.410. The molecule has 90 valence electrons. The number of nitrogens with zero attached hydrogens (tertiary/aromatic N) is 1. The number of aliphatic hydroxyl groups is 1. The van der Waals surface area contributed by atoms with Gasteiger partial charge in [-0.05, 0) is 32.7 Å². The zero-order valence-electron chi connectivity index (χ0n) is 9.91. The molecule has 1 saturated heterocycles. The lowest BCUT2D eigenvalue weighted by atomic mass is 10.1. The lowest BCUT2D eigenvalue weighted by Crippen LogP contribution is -2.39. The van der Waals surface area contributed by atoms with Gasteiger partial charge < -0.3 is 15.6 Å². The summed E-state index contributed by atoms with van der Waals surface area (Å²) in [5.74, 6) is 0. The van der Waals surface area contributed by atoms with E-state index in [1.54, 1.807) is 7.11 Å². The molecule has 15 heavy (non-hydrogen) atoms. The van der Waals surface area contributed by atoms with Gasteiger partial charge in [-0.15, -0.1) is 0 Å². The second-order valence-electron chi connectivity index (χ2n) is 4.76. The second-order valence-corrected chi connectivity index (χ2v) is 4.76. The Labute approximate surface area is 92.4 Å². The molecule has 2 unspecified atom stereocenters. The van der Waals surface area contributed by atoms with Crippen molar-refractivity contribution in [1.82, 2.24) is 4.90 Å². The highest BCUT2D eigenvalue weighted by Gasteiger charge is 2.34. The van der Waals surface area contributed by atoms with Crippen molar-refractivity contribution in [3.63, 3.8) is 0 Å². The number of likely N-dealkylation sites (tertiary alicyclic amines) is 1. The number of methoxy groups -OCH3 is 1. The summed E-state index contributed by atoms with van der Waals surface area (Å²) in [5, 5.41) is 9.90. The molecule has 0 bridgehead atoms. The molecule has 0 radical (unpaired) electrons. The van der Waals surface area contributed by atoms with Gasteiger partial charge in [0, 0.05) is 26.2 Å². The molecule has 1 rings (SSSR count). The Morgan fingerprint density at radius 2 is 2.33 bits per heavy atom. The Balaban J connectivity index is 2.42. The van der Waals surface area contributed by atoms with Crippen molar-refractivity contribution in [2.75, 3.05) is 33.4 Å². The van der Waals surface area contributed by atoms with Crippen LogP contribution in [0.2, 0.25) is 0 Å². The van der Waals surface area contributed by atoms with Crippen LogP contribution < -0.4 is 5.73 Å². The van der Waals surface area contributed by atoms with Gasteiger partial charge in [-0.3, -0.25) is 4.90 Å². The van der Waals surface area contributed by atoms with Gasteiger partial charge in [0.25, 0.3) is 0 Å². The molecule has 3 N–H and O–H groups in total. The van der Waals surface area contributed by atoms with E-state index in [-0.39, 0.29) is 0 Å². The van der Waals surface area contributed by atoms with Crippen LogP contribution in [0, 0.1) is 0 Å². The zero-order valence-corrected chi connectivity index (χ0v) is 9.91. The SMILES string of the molecule is COCC(CCCN)N1CCC(C)(O)C1. The van der Waals surface area contributed by atoms with Crippen LogP contribution in [-0.4, -0.2) is 55.0 Å². The van der Waals surface area contributed by atoms with Crippen LogP contribution in [0.25, 0.3) is 0 Å². The third kappa shape index (κ3) is 4.07. The van der Waals surface area contributed by atoms with Gasteiger partial charge >= 0.3 is 0 Å². The summed E-state index contributed by atoms with van der Waals surface area (Å²) < 4.78 is 5.22. The fraction of sp³-hybridized carbons (Fsp3) is 1.00. The minimum Gasteiger partial charge on any atom is -0.389 e. The van der Waals surface area contributed by atoms with Crippen LogP contribution in [0.1, 0.15) is 26.2 Å². The van der Waals surface area contributed by atoms with Crippen LogP contribution in [0.5, 0.6) is 0 Å². The first-order valence-corrected chi connectivity index (χ1v) is 5.74. The van der Waals surface area contributed by atoms with Gasteiger partial charge in [0.1, 0.15) is 0 Å². The van der Waals surface area contributed by atoms with E-state index in [9.17, 15) is 5.11 Å². The van der Waals surface area contributed by atoms with E-state index in [0.29, 0.717) is 6.04 Å². The van der Waals surface area contributed by atoms with E-state index in [1.165, 1.54) is 0 Å². The van der Waals surface area contributed by atoms with E-state index in [1.807, 2.05) is 6.92 Å². The maximum atomic E-state index is 9.90. The highest BCUT2D eigenvalue weighted by Crippen LogP contribution is 2.23. The van der Waals surface area contributed by atoms with E-state index >= 15 is 0 Å². The van der Waals surface area contributed by atoms with Gasteiger partial charge in [0.2, 0.25) is 0 Å². The third-order valence-electron chi connectivity index (χ3n) is 3.10. The number of ether oxygens (including phenoxy) is 1. The summed E-state index contributed by atoms with van der Waals surface area (Å²) in [5.41, 5.74) is 5.00. The van der Waals surface area contributed by atoms with Crippen LogP contribution >= 0.6 is 0 Å². The molecule has 1 heterocycles. The Morgan fingerprint density at radius 1 is 1.60 bits per heavy atom. The lowest BCUT2D eigenvalue weighted by Gasteiger charge is -2.28. The van der Waals surface area contributed by atoms with E-state index in [4.69, 9.17) is 10.5 Å². The maximum absolute atomic E-state index is 9.90. The topological polar surface area (TPSA) is 58.7 Å². The average molecular weight is 216 g/mol. The van der Waals surface area contributed by atoms with Gasteiger partial charge in [-0.1, -0.05) is 0 Å². The number of hydrogen-bond acceptors (Lipinski definition) is 4. The van der Waals surface area contributed by atoms with Crippen molar-refractivity contribution < 1.29 is 9.84 Å². The number of rotatable bonds is 6. The quantitative estimate of drug-likeness (QED) is 0.666. The summed E-state index contributed by atoms with van der Waals surface area (Å²) in [7, 11) is 1.73. The average Bonchev–Trinajstić information content (AvgIpc) is 2.53. The normalized spacial score (nSPS) is 29.6. The van der Waals surface area contributed by atoms with Crippen molar-refractivity contribution in [2.45, 2.75) is 37.8 Å². The maximum Gasteiger partial charge on any atom is 0.0758 e. The summed E-state index contributed by atoms with van der Waals surface area (Å²) in [6.07, 6.45) is 2.93. The van der Waals surface area contributed by atoms with Crippen LogP contribution in [0.15, 0.2) is 0 Å². The van der Waals surface area contributed by atoms with Gasteiger partial charge in [-0.25, -0.2) is 0 Å². The first kappa shape index (κ1) is 12.9. The molecule has 1 aliphatic rings. The molecule has 1 fully saturated rings. The van der Waals surface area contributed by atoms with Crippen molar-refractivity contribution in [3.8, 4) is 0 Å². The Kier molecular flexibility index (Phi) is 4.99. The standard InChI is InChI=1S/C11H24N2O2/c1-11(14)5-7-13(9-11)10(8-15-2)4-3-6-12/h10,14H,3-9,12H2,1-2H3. The van der Waals surface area contributed by atoms with Gasteiger partial charge in [-0.2, -0.15) is 0 Å². The van der Waals surface area contributed by atoms with E-state index in [0.717, 1.165) is 45.5 Å². The third-order valence-corrected chi connectivity index (χ3v) is 3.10. The number of hydrogen-bond donors (Lipinski definition) is 2. The monoisotopic (exact) mass is 216 g/mol. The molecule has 0 spiro atoms. The van der Waals surface area contributed by atoms with Crippen LogP contribution in [0.4, 0.5) is 0 Å². The fourth-order valence-corrected chi connectivity index (χ4v) is 2.21. The van der Waals surface area contributed by atoms with Crippen molar-refractivity contribution >= 4 is 0 Å². The Morgan fingerprint density at radius 3 is 2.80 bits per heavy atom. The number of β-amino-alcohol motifs (C(OH)–C–C–N with tert-alkyl or cyclic N) is 1. The van der Waals surface area contributed by atoms with Gasteiger partial charge in [0.05, 0.1) is 12.2 Å². The highest BCUT2D eigenvalue weighted by molar-refractivity contribution is 4.89. The van der Waals surface area contributed by atoms with Crippen LogP contribution in [-0.2, 0) is 4.74 Å². The largest absolute Gasteiger partial charge is 0.389 e. The molecule has 0 aromatic heterocycles. The Hall–Kier alpha value is -0.160. The van der Waals surface area contributed by atoms with E-state index in [2.05, 4.69) is 4.90 Å². The molecular formula is C11H24N2O2. The molecule has 0 aliphatic carbocycles. The second kappa shape index (κ2) is 5.80. The fourth-order valence-electron chi connectivity index (χ4n) is 2.21. The first-order valence-electron chi connectivity index (χ1n) is 5.74. The lowest BCUT2D eigenvalue weighted by molar-refractivity contribution is 0.0462. The predicted molar refractivity (Wildman–Crippen MR) is 60.8 cm³/mol. The summed E-state index contributed by atoms with van der Waals surface area (Å²) >= 11 is 0. The molecule has 0 aromatic carbocycles. The molecule has 1 aliphatic heterocycles. The van der Waals surface area contributed by atoms with Crippen LogP contribution in [0.3, 0.4) is 0 Å². The Bertz CT molecular complexity index is 185. The number of nitrogens with two attached hydrogens (primary N) is 1. The molecule has 0 saturated carbocycles. The van der Waals surface area contributed by atoms with Crippen molar-refractivity contribution in [3.05, 3.63) is 0 Å². The summed E-state index contributed by atoms with van der Waals surface area (Å²) in [4.78, 5) is 2.32. The summed E-state index contributed by atoms with van der Waals surface area (Å²) in [6.45, 7) is 5.08. The van der Waals surface area contributed by atoms with E-state index < -0.39 is 5.60 Å². The molecule has 4 heteroatoms.